The van der Waals surface area contributed by atoms with Crippen LogP contribution in [0, 0.1) is 0 Å². The number of amides is 1. The standard InChI is InChI=1S/C12H13NO/c13-12(14)8-10-6-3-5-9-4-1-2-7-11(9)10/h1-5,7,10H,6,8H2,(H2,13,14). The van der Waals surface area contributed by atoms with Crippen LogP contribution in [0.1, 0.15) is 29.9 Å². The van der Waals surface area contributed by atoms with Gasteiger partial charge in [0.05, 0.1) is 0 Å². The second-order valence-corrected chi connectivity index (χ2v) is 3.63. The molecule has 0 aromatic heterocycles. The van der Waals surface area contributed by atoms with E-state index in [9.17, 15) is 4.79 Å². The van der Waals surface area contributed by atoms with Gasteiger partial charge in [-0.05, 0) is 23.5 Å². The molecule has 1 aliphatic rings. The molecule has 2 heteroatoms. The lowest BCUT2D eigenvalue weighted by molar-refractivity contribution is -0.118. The van der Waals surface area contributed by atoms with E-state index in [0.717, 1.165) is 6.42 Å². The molecule has 1 amide bonds. The number of carbonyl (C=O) groups is 1. The number of hydrogen-bond donors (Lipinski definition) is 1. The number of carbonyl (C=O) groups excluding carboxylic acids is 1. The smallest absolute Gasteiger partial charge is 0.218 e. The van der Waals surface area contributed by atoms with Crippen LogP contribution in [-0.4, -0.2) is 5.91 Å². The van der Waals surface area contributed by atoms with Crippen molar-refractivity contribution >= 4 is 12.0 Å². The SMILES string of the molecule is NC(=O)CC1CC=Cc2ccccc21. The summed E-state index contributed by atoms with van der Waals surface area (Å²) in [5.74, 6) is 0.0498. The van der Waals surface area contributed by atoms with Crippen LogP contribution in [0.2, 0.25) is 0 Å². The number of primary amides is 1. The van der Waals surface area contributed by atoms with Crippen LogP contribution in [0.25, 0.3) is 6.08 Å². The molecule has 72 valence electrons. The molecular weight excluding hydrogens is 174 g/mol. The maximum absolute atomic E-state index is 10.9. The summed E-state index contributed by atoms with van der Waals surface area (Å²) >= 11 is 0. The summed E-state index contributed by atoms with van der Waals surface area (Å²) in [4.78, 5) is 10.9. The molecule has 0 saturated heterocycles. The van der Waals surface area contributed by atoms with Crippen molar-refractivity contribution in [2.24, 2.45) is 5.73 Å². The lowest BCUT2D eigenvalue weighted by Crippen LogP contribution is -2.16. The first-order valence-corrected chi connectivity index (χ1v) is 4.81. The van der Waals surface area contributed by atoms with Gasteiger partial charge in [-0.15, -0.1) is 0 Å². The first kappa shape index (κ1) is 9.00. The van der Waals surface area contributed by atoms with E-state index in [1.54, 1.807) is 0 Å². The minimum Gasteiger partial charge on any atom is -0.370 e. The average Bonchev–Trinajstić information content (AvgIpc) is 2.18. The fourth-order valence-electron chi connectivity index (χ4n) is 1.96. The Morgan fingerprint density at radius 2 is 2.21 bits per heavy atom. The molecule has 1 aromatic rings. The van der Waals surface area contributed by atoms with E-state index in [4.69, 9.17) is 5.73 Å². The van der Waals surface area contributed by atoms with Crippen LogP contribution in [0.15, 0.2) is 30.3 Å². The van der Waals surface area contributed by atoms with Gasteiger partial charge in [0.15, 0.2) is 0 Å². The second kappa shape index (κ2) is 3.66. The van der Waals surface area contributed by atoms with Crippen molar-refractivity contribution in [2.75, 3.05) is 0 Å². The number of nitrogens with two attached hydrogens (primary N) is 1. The zero-order valence-corrected chi connectivity index (χ0v) is 7.94. The first-order valence-electron chi connectivity index (χ1n) is 4.81. The third-order valence-electron chi connectivity index (χ3n) is 2.60. The van der Waals surface area contributed by atoms with Gasteiger partial charge in [0, 0.05) is 6.42 Å². The second-order valence-electron chi connectivity index (χ2n) is 3.63. The highest BCUT2D eigenvalue weighted by Crippen LogP contribution is 2.31. The van der Waals surface area contributed by atoms with Crippen molar-refractivity contribution in [3.05, 3.63) is 41.5 Å². The predicted molar refractivity (Wildman–Crippen MR) is 56.6 cm³/mol. The van der Waals surface area contributed by atoms with Gasteiger partial charge in [-0.3, -0.25) is 4.79 Å². The first-order chi connectivity index (χ1) is 6.77. The normalized spacial score (nSPS) is 19.0. The van der Waals surface area contributed by atoms with E-state index in [2.05, 4.69) is 24.3 Å². The molecule has 1 atom stereocenters. The van der Waals surface area contributed by atoms with Gasteiger partial charge in [-0.25, -0.2) is 0 Å². The van der Waals surface area contributed by atoms with Gasteiger partial charge in [0.25, 0.3) is 0 Å². The molecular formula is C12H13NO. The number of rotatable bonds is 2. The summed E-state index contributed by atoms with van der Waals surface area (Å²) in [7, 11) is 0. The Labute approximate surface area is 83.4 Å². The molecule has 0 aliphatic heterocycles. The molecule has 2 nitrogen and oxygen atoms in total. The third-order valence-corrected chi connectivity index (χ3v) is 2.60. The van der Waals surface area contributed by atoms with Crippen molar-refractivity contribution in [1.29, 1.82) is 0 Å². The fraction of sp³-hybridized carbons (Fsp3) is 0.250. The summed E-state index contributed by atoms with van der Waals surface area (Å²) in [6, 6.07) is 8.16. The molecule has 1 unspecified atom stereocenters. The van der Waals surface area contributed by atoms with E-state index in [1.807, 2.05) is 12.1 Å². The van der Waals surface area contributed by atoms with Crippen LogP contribution in [-0.2, 0) is 4.79 Å². The molecule has 0 spiro atoms. The topological polar surface area (TPSA) is 43.1 Å². The summed E-state index contributed by atoms with van der Waals surface area (Å²) in [5, 5.41) is 0. The van der Waals surface area contributed by atoms with Crippen molar-refractivity contribution in [1.82, 2.24) is 0 Å². The molecule has 14 heavy (non-hydrogen) atoms. The Morgan fingerprint density at radius 3 is 3.00 bits per heavy atom. The highest BCUT2D eigenvalue weighted by Gasteiger charge is 2.17. The van der Waals surface area contributed by atoms with Crippen molar-refractivity contribution < 1.29 is 4.79 Å². The number of hydrogen-bond acceptors (Lipinski definition) is 1. The Bertz CT molecular complexity index is 382. The molecule has 0 fully saturated rings. The monoisotopic (exact) mass is 187 g/mol. The maximum atomic E-state index is 10.9. The van der Waals surface area contributed by atoms with Crippen LogP contribution in [0.4, 0.5) is 0 Å². The Balaban J connectivity index is 2.31. The van der Waals surface area contributed by atoms with Gasteiger partial charge < -0.3 is 5.73 Å². The van der Waals surface area contributed by atoms with Crippen LogP contribution in [0.5, 0.6) is 0 Å². The van der Waals surface area contributed by atoms with Crippen LogP contribution < -0.4 is 5.73 Å². The van der Waals surface area contributed by atoms with Gasteiger partial charge in [-0.1, -0.05) is 36.4 Å². The van der Waals surface area contributed by atoms with Crippen molar-refractivity contribution in [2.45, 2.75) is 18.8 Å². The van der Waals surface area contributed by atoms with E-state index >= 15 is 0 Å². The number of benzene rings is 1. The maximum Gasteiger partial charge on any atom is 0.218 e. The van der Waals surface area contributed by atoms with Gasteiger partial charge in [-0.2, -0.15) is 0 Å². The van der Waals surface area contributed by atoms with E-state index in [1.165, 1.54) is 11.1 Å². The average molecular weight is 187 g/mol. The molecule has 0 saturated carbocycles. The molecule has 0 radical (unpaired) electrons. The predicted octanol–water partition coefficient (Wildman–Crippen LogP) is 2.06. The molecule has 2 N–H and O–H groups in total. The van der Waals surface area contributed by atoms with Gasteiger partial charge in [0.1, 0.15) is 0 Å². The Kier molecular flexibility index (Phi) is 2.35. The van der Waals surface area contributed by atoms with Crippen LogP contribution >= 0.6 is 0 Å². The largest absolute Gasteiger partial charge is 0.370 e. The van der Waals surface area contributed by atoms with E-state index in [-0.39, 0.29) is 11.8 Å². The quantitative estimate of drug-likeness (QED) is 0.756. The molecule has 2 rings (SSSR count). The highest BCUT2D eigenvalue weighted by molar-refractivity contribution is 5.75. The zero-order valence-electron chi connectivity index (χ0n) is 7.94. The highest BCUT2D eigenvalue weighted by atomic mass is 16.1. The summed E-state index contributed by atoms with van der Waals surface area (Å²) < 4.78 is 0. The molecule has 0 bridgehead atoms. The van der Waals surface area contributed by atoms with Crippen LogP contribution in [0.3, 0.4) is 0 Å². The van der Waals surface area contributed by atoms with E-state index in [0.29, 0.717) is 6.42 Å². The third kappa shape index (κ3) is 1.69. The lowest BCUT2D eigenvalue weighted by atomic mass is 9.85. The Morgan fingerprint density at radius 1 is 1.43 bits per heavy atom. The van der Waals surface area contributed by atoms with Gasteiger partial charge >= 0.3 is 0 Å². The Hall–Kier alpha value is -1.57. The zero-order chi connectivity index (χ0) is 9.97. The molecule has 1 aliphatic carbocycles. The summed E-state index contributed by atoms with van der Waals surface area (Å²) in [6.45, 7) is 0. The summed E-state index contributed by atoms with van der Waals surface area (Å²) in [5.41, 5.74) is 7.67. The molecule has 0 heterocycles. The lowest BCUT2D eigenvalue weighted by Gasteiger charge is -2.20. The minimum absolute atomic E-state index is 0.222. The summed E-state index contributed by atoms with van der Waals surface area (Å²) in [6.07, 6.45) is 5.57. The van der Waals surface area contributed by atoms with Gasteiger partial charge in [0.2, 0.25) is 5.91 Å². The minimum atomic E-state index is -0.222. The molecule has 1 aromatic carbocycles. The van der Waals surface area contributed by atoms with Crippen molar-refractivity contribution in [3.8, 4) is 0 Å². The number of allylic oxidation sites excluding steroid dienone is 1. The van der Waals surface area contributed by atoms with E-state index < -0.39 is 0 Å². The fourth-order valence-corrected chi connectivity index (χ4v) is 1.96. The van der Waals surface area contributed by atoms with Crippen molar-refractivity contribution in [3.63, 3.8) is 0 Å². The number of fused-ring (bicyclic) bond motifs is 1.